The second-order valence-electron chi connectivity index (χ2n) is 5.80. The smallest absolute Gasteiger partial charge is 0.216 e. The lowest BCUT2D eigenvalue weighted by atomic mass is 9.94. The van der Waals surface area contributed by atoms with Crippen molar-refractivity contribution in [3.63, 3.8) is 0 Å². The number of amides is 1. The van der Waals surface area contributed by atoms with Gasteiger partial charge in [0, 0.05) is 31.1 Å². The third-order valence-electron chi connectivity index (χ3n) is 4.28. The van der Waals surface area contributed by atoms with Crippen molar-refractivity contribution >= 4 is 5.91 Å². The lowest BCUT2D eigenvalue weighted by Gasteiger charge is -2.36. The molecule has 1 saturated heterocycles. The first-order chi connectivity index (χ1) is 9.97. The van der Waals surface area contributed by atoms with Gasteiger partial charge in [0.2, 0.25) is 5.91 Å². The molecule has 0 spiro atoms. The first kappa shape index (κ1) is 15.8. The van der Waals surface area contributed by atoms with Crippen molar-refractivity contribution in [3.8, 4) is 5.75 Å². The van der Waals surface area contributed by atoms with E-state index in [4.69, 9.17) is 0 Å². The molecule has 1 unspecified atom stereocenters. The number of likely N-dealkylation sites (tertiary alicyclic amines) is 1. The minimum atomic E-state index is -0.419. The van der Waals surface area contributed by atoms with E-state index in [0.29, 0.717) is 5.92 Å². The Morgan fingerprint density at radius 2 is 2.14 bits per heavy atom. The van der Waals surface area contributed by atoms with Gasteiger partial charge in [0.1, 0.15) is 11.6 Å². The van der Waals surface area contributed by atoms with Gasteiger partial charge in [-0.05, 0) is 44.8 Å². The van der Waals surface area contributed by atoms with Crippen LogP contribution >= 0.6 is 0 Å². The van der Waals surface area contributed by atoms with E-state index in [1.165, 1.54) is 13.0 Å². The van der Waals surface area contributed by atoms with Gasteiger partial charge in [-0.1, -0.05) is 6.07 Å². The van der Waals surface area contributed by atoms with Crippen LogP contribution in [0.5, 0.6) is 5.75 Å². The Kier molecular flexibility index (Phi) is 5.17. The number of nitrogens with zero attached hydrogens (tertiary/aromatic N) is 1. The third kappa shape index (κ3) is 4.17. The average Bonchev–Trinajstić information content (AvgIpc) is 2.45. The Bertz CT molecular complexity index is 499. The number of aromatic hydroxyl groups is 1. The fourth-order valence-corrected chi connectivity index (χ4v) is 2.90. The van der Waals surface area contributed by atoms with Gasteiger partial charge in [-0.2, -0.15) is 0 Å². The number of hydrogen-bond donors (Lipinski definition) is 2. The van der Waals surface area contributed by atoms with E-state index < -0.39 is 5.82 Å². The average molecular weight is 294 g/mol. The predicted octanol–water partition coefficient (Wildman–Crippen LogP) is 2.44. The number of rotatable bonds is 4. The van der Waals surface area contributed by atoms with Crippen LogP contribution in [0.4, 0.5) is 4.39 Å². The van der Waals surface area contributed by atoms with Crippen molar-refractivity contribution in [3.05, 3.63) is 29.6 Å². The topological polar surface area (TPSA) is 52.6 Å². The fraction of sp³-hybridized carbons (Fsp3) is 0.562. The summed E-state index contributed by atoms with van der Waals surface area (Å²) in [6, 6.07) is 4.26. The van der Waals surface area contributed by atoms with Crippen LogP contribution in [0.15, 0.2) is 18.2 Å². The van der Waals surface area contributed by atoms with Gasteiger partial charge >= 0.3 is 0 Å². The highest BCUT2D eigenvalue weighted by atomic mass is 19.1. The van der Waals surface area contributed by atoms with E-state index in [0.717, 1.165) is 44.1 Å². The van der Waals surface area contributed by atoms with E-state index in [-0.39, 0.29) is 17.7 Å². The number of phenolic OH excluding ortho intramolecular Hbond substituents is 1. The minimum Gasteiger partial charge on any atom is -0.508 e. The molecule has 1 aromatic carbocycles. The number of piperidine rings is 1. The van der Waals surface area contributed by atoms with Gasteiger partial charge in [-0.3, -0.25) is 9.69 Å². The number of carbonyl (C=O) groups is 1. The molecule has 1 heterocycles. The minimum absolute atomic E-state index is 0.0158. The summed E-state index contributed by atoms with van der Waals surface area (Å²) in [5, 5.41) is 12.7. The van der Waals surface area contributed by atoms with Gasteiger partial charge < -0.3 is 10.4 Å². The van der Waals surface area contributed by atoms with Crippen molar-refractivity contribution in [2.24, 2.45) is 5.92 Å². The Morgan fingerprint density at radius 1 is 1.48 bits per heavy atom. The van der Waals surface area contributed by atoms with Crippen LogP contribution in [-0.2, 0) is 4.79 Å². The zero-order chi connectivity index (χ0) is 15.4. The Labute approximate surface area is 125 Å². The van der Waals surface area contributed by atoms with Crippen LogP contribution in [0.1, 0.15) is 38.3 Å². The molecule has 21 heavy (non-hydrogen) atoms. The van der Waals surface area contributed by atoms with E-state index in [1.54, 1.807) is 6.07 Å². The molecule has 5 heteroatoms. The molecule has 2 rings (SSSR count). The maximum atomic E-state index is 13.0. The number of halogens is 1. The van der Waals surface area contributed by atoms with Crippen LogP contribution in [0.25, 0.3) is 0 Å². The number of hydrogen-bond acceptors (Lipinski definition) is 3. The van der Waals surface area contributed by atoms with Crippen LogP contribution < -0.4 is 5.32 Å². The van der Waals surface area contributed by atoms with Gasteiger partial charge in [0.15, 0.2) is 0 Å². The van der Waals surface area contributed by atoms with Crippen molar-refractivity contribution in [2.45, 2.75) is 32.7 Å². The lowest BCUT2D eigenvalue weighted by Crippen LogP contribution is -2.39. The van der Waals surface area contributed by atoms with E-state index >= 15 is 0 Å². The molecule has 0 aromatic heterocycles. The zero-order valence-electron chi connectivity index (χ0n) is 12.6. The molecule has 0 saturated carbocycles. The van der Waals surface area contributed by atoms with E-state index in [9.17, 15) is 14.3 Å². The highest BCUT2D eigenvalue weighted by Gasteiger charge is 2.25. The molecule has 2 N–H and O–H groups in total. The predicted molar refractivity (Wildman–Crippen MR) is 79.5 cm³/mol. The summed E-state index contributed by atoms with van der Waals surface area (Å²) >= 11 is 0. The van der Waals surface area contributed by atoms with Gasteiger partial charge in [-0.15, -0.1) is 0 Å². The summed E-state index contributed by atoms with van der Waals surface area (Å²) in [7, 11) is 0. The SMILES string of the molecule is CC(=O)NCC1CCN(C(C)c2ccc(F)cc2O)CC1. The van der Waals surface area contributed by atoms with E-state index in [1.807, 2.05) is 6.92 Å². The Balaban J connectivity index is 1.90. The first-order valence-corrected chi connectivity index (χ1v) is 7.44. The van der Waals surface area contributed by atoms with Crippen molar-refractivity contribution < 1.29 is 14.3 Å². The quantitative estimate of drug-likeness (QED) is 0.897. The second-order valence-corrected chi connectivity index (χ2v) is 5.80. The molecule has 4 nitrogen and oxygen atoms in total. The molecule has 1 fully saturated rings. The number of carbonyl (C=O) groups excluding carboxylic acids is 1. The van der Waals surface area contributed by atoms with Crippen LogP contribution in [0.2, 0.25) is 0 Å². The van der Waals surface area contributed by atoms with Gasteiger partial charge in [-0.25, -0.2) is 4.39 Å². The molecule has 0 radical (unpaired) electrons. The van der Waals surface area contributed by atoms with Crippen molar-refractivity contribution in [1.29, 1.82) is 0 Å². The van der Waals surface area contributed by atoms with Crippen molar-refractivity contribution in [2.75, 3.05) is 19.6 Å². The molecule has 116 valence electrons. The molecule has 0 aliphatic carbocycles. The van der Waals surface area contributed by atoms with Gasteiger partial charge in [0.05, 0.1) is 0 Å². The van der Waals surface area contributed by atoms with Gasteiger partial charge in [0.25, 0.3) is 0 Å². The Hall–Kier alpha value is -1.62. The monoisotopic (exact) mass is 294 g/mol. The fourth-order valence-electron chi connectivity index (χ4n) is 2.90. The summed E-state index contributed by atoms with van der Waals surface area (Å²) in [5.41, 5.74) is 0.761. The zero-order valence-corrected chi connectivity index (χ0v) is 12.6. The number of nitrogens with one attached hydrogen (secondary N) is 1. The first-order valence-electron chi connectivity index (χ1n) is 7.44. The number of phenols is 1. The molecule has 0 bridgehead atoms. The summed E-state index contributed by atoms with van der Waals surface area (Å²) in [5.74, 6) is 0.126. The Morgan fingerprint density at radius 3 is 2.71 bits per heavy atom. The van der Waals surface area contributed by atoms with Crippen LogP contribution in [0, 0.1) is 11.7 Å². The second kappa shape index (κ2) is 6.89. The van der Waals surface area contributed by atoms with Crippen LogP contribution in [0.3, 0.4) is 0 Å². The highest BCUT2D eigenvalue weighted by Crippen LogP contribution is 2.31. The molecular weight excluding hydrogens is 271 g/mol. The number of benzene rings is 1. The highest BCUT2D eigenvalue weighted by molar-refractivity contribution is 5.72. The maximum absolute atomic E-state index is 13.0. The molecule has 1 aromatic rings. The summed E-state index contributed by atoms with van der Waals surface area (Å²) < 4.78 is 13.0. The molecule has 1 aliphatic heterocycles. The third-order valence-corrected chi connectivity index (χ3v) is 4.28. The standard InChI is InChI=1S/C16H23FN2O2/c1-11(15-4-3-14(17)9-16(15)21)19-7-5-13(6-8-19)10-18-12(2)20/h3-4,9,11,13,21H,5-8,10H2,1-2H3,(H,18,20). The molecule has 1 amide bonds. The molecule has 1 atom stereocenters. The molecule has 1 aliphatic rings. The normalized spacial score (nSPS) is 18.4. The summed E-state index contributed by atoms with van der Waals surface area (Å²) in [6.07, 6.45) is 2.04. The largest absolute Gasteiger partial charge is 0.508 e. The maximum Gasteiger partial charge on any atom is 0.216 e. The van der Waals surface area contributed by atoms with E-state index in [2.05, 4.69) is 10.2 Å². The molecular formula is C16H23FN2O2. The lowest BCUT2D eigenvalue weighted by molar-refractivity contribution is -0.119. The van der Waals surface area contributed by atoms with Crippen molar-refractivity contribution in [1.82, 2.24) is 10.2 Å². The van der Waals surface area contributed by atoms with Crippen LogP contribution in [-0.4, -0.2) is 35.5 Å². The summed E-state index contributed by atoms with van der Waals surface area (Å²) in [4.78, 5) is 13.2. The summed E-state index contributed by atoms with van der Waals surface area (Å²) in [6.45, 7) is 6.14.